The summed E-state index contributed by atoms with van der Waals surface area (Å²) in [6, 6.07) is 0. The summed E-state index contributed by atoms with van der Waals surface area (Å²) >= 11 is 0. The van der Waals surface area contributed by atoms with Gasteiger partial charge in [-0.15, -0.1) is 0 Å². The smallest absolute Gasteiger partial charge is 0.309 e. The number of furan rings is 1. The first kappa shape index (κ1) is 19.9. The zero-order valence-electron chi connectivity index (χ0n) is 16.9. The number of hydrogen-bond donors (Lipinski definition) is 1. The predicted molar refractivity (Wildman–Crippen MR) is 97.6 cm³/mol. The first-order valence-corrected chi connectivity index (χ1v) is 9.72. The number of aliphatic hydroxyl groups is 1. The Morgan fingerprint density at radius 2 is 1.96 bits per heavy atom. The number of carbonyl (C=O) groups excluding carboxylic acids is 2. The molecule has 6 nitrogen and oxygen atoms in total. The number of rotatable bonds is 3. The molecule has 0 saturated heterocycles. The maximum absolute atomic E-state index is 12.5. The third kappa shape index (κ3) is 3.08. The molecular formula is C21H30O6. The minimum Gasteiger partial charge on any atom is -0.466 e. The molecule has 6 heteroatoms. The number of ether oxygens (including phenoxy) is 2. The fraction of sp³-hybridized carbons (Fsp3) is 0.714. The summed E-state index contributed by atoms with van der Waals surface area (Å²) in [7, 11) is 0. The van der Waals surface area contributed by atoms with Gasteiger partial charge in [-0.1, -0.05) is 27.7 Å². The predicted octanol–water partition coefficient (Wildman–Crippen LogP) is 3.86. The van der Waals surface area contributed by atoms with E-state index in [-0.39, 0.29) is 35.8 Å². The minimum absolute atomic E-state index is 0.0952. The van der Waals surface area contributed by atoms with Crippen LogP contribution >= 0.6 is 0 Å². The van der Waals surface area contributed by atoms with Gasteiger partial charge in [-0.3, -0.25) is 9.59 Å². The monoisotopic (exact) mass is 378 g/mol. The Balaban J connectivity index is 2.10. The van der Waals surface area contributed by atoms with Crippen LogP contribution in [0.4, 0.5) is 0 Å². The molecular weight excluding hydrogens is 348 g/mol. The van der Waals surface area contributed by atoms with Crippen LogP contribution in [0.25, 0.3) is 0 Å². The molecule has 3 rings (SSSR count). The highest BCUT2D eigenvalue weighted by Gasteiger charge is 2.60. The van der Waals surface area contributed by atoms with E-state index in [1.165, 1.54) is 6.92 Å². The van der Waals surface area contributed by atoms with E-state index in [0.717, 1.165) is 11.1 Å². The third-order valence-electron chi connectivity index (χ3n) is 6.65. The fourth-order valence-corrected chi connectivity index (χ4v) is 4.92. The summed E-state index contributed by atoms with van der Waals surface area (Å²) in [5.74, 6) is -0.622. The van der Waals surface area contributed by atoms with Gasteiger partial charge in [-0.2, -0.15) is 0 Å². The molecule has 1 N–H and O–H groups in total. The molecule has 0 spiro atoms. The Morgan fingerprint density at radius 3 is 2.56 bits per heavy atom. The van der Waals surface area contributed by atoms with Gasteiger partial charge in [0.2, 0.25) is 0 Å². The summed E-state index contributed by atoms with van der Waals surface area (Å²) in [4.78, 5) is 24.1. The van der Waals surface area contributed by atoms with Gasteiger partial charge in [0.25, 0.3) is 0 Å². The number of esters is 2. The third-order valence-corrected chi connectivity index (χ3v) is 6.65. The van der Waals surface area contributed by atoms with E-state index >= 15 is 0 Å². The molecule has 0 amide bonds. The largest absolute Gasteiger partial charge is 0.466 e. The van der Waals surface area contributed by atoms with Crippen molar-refractivity contribution in [2.24, 2.45) is 23.2 Å². The van der Waals surface area contributed by atoms with E-state index in [1.807, 2.05) is 20.8 Å². The molecule has 0 bridgehead atoms. The standard InChI is InChI=1S/C21H30O6/c1-10(2)20(24)27-19-16-11(3)9-25-18(16)17(23)14-7-8-15(26-13(5)22)12(4)21(14,19)6/h9-10,12,14-15,17,19,23H,7-8H2,1-6H3. The second-order valence-corrected chi connectivity index (χ2v) is 8.60. The molecule has 6 atom stereocenters. The number of hydrogen-bond acceptors (Lipinski definition) is 6. The van der Waals surface area contributed by atoms with Crippen molar-refractivity contribution in [3.8, 4) is 0 Å². The lowest BCUT2D eigenvalue weighted by Gasteiger charge is -2.55. The lowest BCUT2D eigenvalue weighted by Crippen LogP contribution is -2.54. The Hall–Kier alpha value is -1.82. The number of fused-ring (bicyclic) bond motifs is 2. The van der Waals surface area contributed by atoms with Crippen molar-refractivity contribution in [2.75, 3.05) is 0 Å². The number of aliphatic hydroxyl groups excluding tert-OH is 1. The molecule has 6 unspecified atom stereocenters. The minimum atomic E-state index is -0.770. The van der Waals surface area contributed by atoms with E-state index in [1.54, 1.807) is 20.1 Å². The fourth-order valence-electron chi connectivity index (χ4n) is 4.92. The van der Waals surface area contributed by atoms with Crippen LogP contribution in [0.2, 0.25) is 0 Å². The first-order chi connectivity index (χ1) is 12.6. The molecule has 27 heavy (non-hydrogen) atoms. The molecule has 1 fully saturated rings. The van der Waals surface area contributed by atoms with E-state index < -0.39 is 17.6 Å². The zero-order chi connectivity index (χ0) is 20.1. The highest BCUT2D eigenvalue weighted by molar-refractivity contribution is 5.72. The second-order valence-electron chi connectivity index (χ2n) is 8.60. The summed E-state index contributed by atoms with van der Waals surface area (Å²) in [5, 5.41) is 11.0. The second kappa shape index (κ2) is 6.97. The summed E-state index contributed by atoms with van der Waals surface area (Å²) < 4.78 is 17.2. The normalized spacial score (nSPS) is 35.3. The number of aryl methyl sites for hydroxylation is 1. The Morgan fingerprint density at radius 1 is 1.30 bits per heavy atom. The molecule has 1 saturated carbocycles. The average molecular weight is 378 g/mol. The molecule has 1 heterocycles. The molecule has 0 aliphatic heterocycles. The molecule has 0 radical (unpaired) electrons. The van der Waals surface area contributed by atoms with E-state index in [9.17, 15) is 14.7 Å². The topological polar surface area (TPSA) is 86.0 Å². The first-order valence-electron chi connectivity index (χ1n) is 9.72. The molecule has 1 aromatic rings. The number of carbonyl (C=O) groups is 2. The molecule has 2 aliphatic rings. The van der Waals surface area contributed by atoms with Crippen LogP contribution in [-0.4, -0.2) is 23.1 Å². The molecule has 1 aromatic heterocycles. The maximum atomic E-state index is 12.5. The Bertz CT molecular complexity index is 735. The van der Waals surface area contributed by atoms with Gasteiger partial charge in [-0.05, 0) is 25.3 Å². The lowest BCUT2D eigenvalue weighted by molar-refractivity contribution is -0.202. The van der Waals surface area contributed by atoms with Gasteiger partial charge in [0, 0.05) is 29.7 Å². The van der Waals surface area contributed by atoms with E-state index in [4.69, 9.17) is 13.9 Å². The van der Waals surface area contributed by atoms with E-state index in [2.05, 4.69) is 0 Å². The summed E-state index contributed by atoms with van der Waals surface area (Å²) in [6.07, 6.45) is 1.34. The van der Waals surface area contributed by atoms with Crippen LogP contribution in [0.3, 0.4) is 0 Å². The van der Waals surface area contributed by atoms with Crippen molar-refractivity contribution in [1.82, 2.24) is 0 Å². The van der Waals surface area contributed by atoms with Gasteiger partial charge < -0.3 is 19.0 Å². The van der Waals surface area contributed by atoms with Crippen LogP contribution in [-0.2, 0) is 19.1 Å². The van der Waals surface area contributed by atoms with Crippen LogP contribution in [0, 0.1) is 30.1 Å². The van der Waals surface area contributed by atoms with E-state index in [0.29, 0.717) is 18.6 Å². The average Bonchev–Trinajstić information content (AvgIpc) is 2.96. The highest BCUT2D eigenvalue weighted by atomic mass is 16.6. The molecule has 150 valence electrons. The zero-order valence-corrected chi connectivity index (χ0v) is 16.9. The van der Waals surface area contributed by atoms with Gasteiger partial charge in [0.1, 0.15) is 24.1 Å². The van der Waals surface area contributed by atoms with Crippen LogP contribution in [0.15, 0.2) is 10.7 Å². The Labute approximate surface area is 160 Å². The summed E-state index contributed by atoms with van der Waals surface area (Å²) in [5.41, 5.74) is 1.03. The van der Waals surface area contributed by atoms with Crippen LogP contribution in [0.1, 0.15) is 76.6 Å². The van der Waals surface area contributed by atoms with Gasteiger partial charge in [0.15, 0.2) is 0 Å². The maximum Gasteiger partial charge on any atom is 0.309 e. The van der Waals surface area contributed by atoms with Crippen LogP contribution < -0.4 is 0 Å². The lowest BCUT2D eigenvalue weighted by atomic mass is 9.52. The van der Waals surface area contributed by atoms with Crippen LogP contribution in [0.5, 0.6) is 0 Å². The molecule has 2 aliphatic carbocycles. The van der Waals surface area contributed by atoms with Crippen molar-refractivity contribution in [3.05, 3.63) is 23.2 Å². The highest BCUT2D eigenvalue weighted by Crippen LogP contribution is 2.63. The quantitative estimate of drug-likeness (QED) is 0.804. The van der Waals surface area contributed by atoms with Crippen molar-refractivity contribution >= 4 is 11.9 Å². The Kier molecular flexibility index (Phi) is 5.14. The van der Waals surface area contributed by atoms with Gasteiger partial charge in [0.05, 0.1) is 12.2 Å². The SMILES string of the molecule is CC(=O)OC1CCC2C(O)c3occ(C)c3C(OC(=O)C(C)C)C2(C)C1C. The van der Waals surface area contributed by atoms with Crippen molar-refractivity contribution in [3.63, 3.8) is 0 Å². The van der Waals surface area contributed by atoms with Crippen molar-refractivity contribution < 1.29 is 28.6 Å². The van der Waals surface area contributed by atoms with Gasteiger partial charge >= 0.3 is 11.9 Å². The van der Waals surface area contributed by atoms with Crippen molar-refractivity contribution in [2.45, 2.75) is 72.7 Å². The van der Waals surface area contributed by atoms with Crippen molar-refractivity contribution in [1.29, 1.82) is 0 Å². The summed E-state index contributed by atoms with van der Waals surface area (Å²) in [6.45, 7) is 11.0. The molecule has 0 aromatic carbocycles. The van der Waals surface area contributed by atoms with Gasteiger partial charge in [-0.25, -0.2) is 0 Å².